The number of rotatable bonds is 3. The Kier molecular flexibility index (Phi) is 3.45. The van der Waals surface area contributed by atoms with Gasteiger partial charge in [-0.2, -0.15) is 0 Å². The van der Waals surface area contributed by atoms with Gasteiger partial charge in [-0.15, -0.1) is 0 Å². The first-order valence-electron chi connectivity index (χ1n) is 6.07. The van der Waals surface area contributed by atoms with E-state index in [1.165, 1.54) is 6.26 Å². The summed E-state index contributed by atoms with van der Waals surface area (Å²) in [5.41, 5.74) is 0.265. The van der Waals surface area contributed by atoms with E-state index in [4.69, 9.17) is 0 Å². The van der Waals surface area contributed by atoms with Crippen LogP contribution in [0.5, 0.6) is 0 Å². The third-order valence-corrected chi connectivity index (χ3v) is 4.76. The molecule has 2 saturated heterocycles. The molecule has 0 radical (unpaired) electrons. The van der Waals surface area contributed by atoms with Crippen molar-refractivity contribution in [3.8, 4) is 0 Å². The SMILES string of the molecule is CS(=O)(=O)CCC(=O)N1CCC2(CCNC2)C1. The quantitative estimate of drug-likeness (QED) is 0.752. The van der Waals surface area contributed by atoms with E-state index < -0.39 is 9.84 Å². The summed E-state index contributed by atoms with van der Waals surface area (Å²) in [7, 11) is -3.04. The average Bonchev–Trinajstić information content (AvgIpc) is 2.85. The van der Waals surface area contributed by atoms with Crippen molar-refractivity contribution in [1.82, 2.24) is 10.2 Å². The molecule has 1 unspecified atom stereocenters. The minimum absolute atomic E-state index is 0.0146. The Morgan fingerprint density at radius 3 is 2.76 bits per heavy atom. The van der Waals surface area contributed by atoms with Crippen molar-refractivity contribution in [3.63, 3.8) is 0 Å². The summed E-state index contributed by atoms with van der Waals surface area (Å²) >= 11 is 0. The zero-order chi connectivity index (χ0) is 12.5. The lowest BCUT2D eigenvalue weighted by atomic mass is 9.87. The minimum Gasteiger partial charge on any atom is -0.342 e. The molecule has 6 heteroatoms. The summed E-state index contributed by atoms with van der Waals surface area (Å²) in [6, 6.07) is 0. The largest absolute Gasteiger partial charge is 0.342 e. The second-order valence-corrected chi connectivity index (χ2v) is 7.63. The second-order valence-electron chi connectivity index (χ2n) is 5.37. The fourth-order valence-corrected chi connectivity index (χ4v) is 3.27. The number of likely N-dealkylation sites (tertiary alicyclic amines) is 1. The molecule has 2 fully saturated rings. The number of nitrogens with zero attached hydrogens (tertiary/aromatic N) is 1. The third-order valence-electron chi connectivity index (χ3n) is 3.81. The zero-order valence-electron chi connectivity index (χ0n) is 10.2. The normalized spacial score (nSPS) is 29.1. The van der Waals surface area contributed by atoms with Crippen molar-refractivity contribution in [2.75, 3.05) is 38.2 Å². The molecule has 2 heterocycles. The van der Waals surface area contributed by atoms with Crippen molar-refractivity contribution in [2.45, 2.75) is 19.3 Å². The van der Waals surface area contributed by atoms with Crippen LogP contribution < -0.4 is 5.32 Å². The highest BCUT2D eigenvalue weighted by molar-refractivity contribution is 7.90. The van der Waals surface area contributed by atoms with Gasteiger partial charge in [0, 0.05) is 37.7 Å². The molecule has 1 amide bonds. The average molecular weight is 260 g/mol. The molecule has 2 rings (SSSR count). The number of amides is 1. The molecular weight excluding hydrogens is 240 g/mol. The lowest BCUT2D eigenvalue weighted by Gasteiger charge is -2.22. The van der Waals surface area contributed by atoms with E-state index in [0.717, 1.165) is 39.0 Å². The molecule has 0 bridgehead atoms. The van der Waals surface area contributed by atoms with Crippen LogP contribution in [0.3, 0.4) is 0 Å². The maximum absolute atomic E-state index is 11.9. The fourth-order valence-electron chi connectivity index (χ4n) is 2.72. The van der Waals surface area contributed by atoms with Gasteiger partial charge in [0.1, 0.15) is 9.84 Å². The van der Waals surface area contributed by atoms with Crippen LogP contribution in [0.1, 0.15) is 19.3 Å². The first-order chi connectivity index (χ1) is 7.90. The lowest BCUT2D eigenvalue weighted by Crippen LogP contribution is -2.34. The minimum atomic E-state index is -3.04. The van der Waals surface area contributed by atoms with Crippen molar-refractivity contribution >= 4 is 15.7 Å². The Bertz CT molecular complexity index is 399. The smallest absolute Gasteiger partial charge is 0.223 e. The summed E-state index contributed by atoms with van der Waals surface area (Å²) < 4.78 is 22.0. The monoisotopic (exact) mass is 260 g/mol. The van der Waals surface area contributed by atoms with Gasteiger partial charge in [0.25, 0.3) is 0 Å². The van der Waals surface area contributed by atoms with Crippen molar-refractivity contribution < 1.29 is 13.2 Å². The first-order valence-corrected chi connectivity index (χ1v) is 8.13. The molecule has 5 nitrogen and oxygen atoms in total. The van der Waals surface area contributed by atoms with Gasteiger partial charge in [-0.05, 0) is 19.4 Å². The predicted molar refractivity (Wildman–Crippen MR) is 65.4 cm³/mol. The topological polar surface area (TPSA) is 66.5 Å². The van der Waals surface area contributed by atoms with Crippen molar-refractivity contribution in [3.05, 3.63) is 0 Å². The Labute approximate surface area is 102 Å². The van der Waals surface area contributed by atoms with Gasteiger partial charge in [-0.25, -0.2) is 8.42 Å². The van der Waals surface area contributed by atoms with E-state index in [1.54, 1.807) is 0 Å². The standard InChI is InChI=1S/C11H20N2O3S/c1-17(15,16)7-2-10(14)13-6-4-11(9-13)3-5-12-8-11/h12H,2-9H2,1H3. The predicted octanol–water partition coefficient (Wildman–Crippen LogP) is -0.367. The van der Waals surface area contributed by atoms with Crippen LogP contribution in [0, 0.1) is 5.41 Å². The molecule has 0 saturated carbocycles. The molecule has 1 atom stereocenters. The van der Waals surface area contributed by atoms with Crippen LogP contribution in [-0.2, 0) is 14.6 Å². The van der Waals surface area contributed by atoms with Gasteiger partial charge < -0.3 is 10.2 Å². The Morgan fingerprint density at radius 1 is 1.41 bits per heavy atom. The Morgan fingerprint density at radius 2 is 2.18 bits per heavy atom. The summed E-state index contributed by atoms with van der Waals surface area (Å²) in [5.74, 6) is -0.0488. The Balaban J connectivity index is 1.86. The summed E-state index contributed by atoms with van der Waals surface area (Å²) in [4.78, 5) is 13.7. The third kappa shape index (κ3) is 3.19. The van der Waals surface area contributed by atoms with Crippen LogP contribution >= 0.6 is 0 Å². The summed E-state index contributed by atoms with van der Waals surface area (Å²) in [5, 5.41) is 3.34. The summed E-state index contributed by atoms with van der Waals surface area (Å²) in [6.07, 6.45) is 3.47. The van der Waals surface area contributed by atoms with Crippen molar-refractivity contribution in [2.24, 2.45) is 5.41 Å². The van der Waals surface area contributed by atoms with E-state index in [9.17, 15) is 13.2 Å². The van der Waals surface area contributed by atoms with Crippen LogP contribution in [0.15, 0.2) is 0 Å². The molecular formula is C11H20N2O3S. The first kappa shape index (κ1) is 12.8. The number of hydrogen-bond acceptors (Lipinski definition) is 4. The van der Waals surface area contributed by atoms with E-state index in [0.29, 0.717) is 0 Å². The maximum atomic E-state index is 11.9. The molecule has 2 aliphatic rings. The van der Waals surface area contributed by atoms with Gasteiger partial charge in [-0.1, -0.05) is 0 Å². The van der Waals surface area contributed by atoms with Crippen LogP contribution in [0.25, 0.3) is 0 Å². The Hall–Kier alpha value is -0.620. The number of carbonyl (C=O) groups excluding carboxylic acids is 1. The van der Waals surface area contributed by atoms with Crippen LogP contribution in [0.2, 0.25) is 0 Å². The highest BCUT2D eigenvalue weighted by Gasteiger charge is 2.41. The lowest BCUT2D eigenvalue weighted by molar-refractivity contribution is -0.130. The molecule has 1 N–H and O–H groups in total. The van der Waals surface area contributed by atoms with E-state index in [-0.39, 0.29) is 23.5 Å². The molecule has 1 spiro atoms. The fraction of sp³-hybridized carbons (Fsp3) is 0.909. The van der Waals surface area contributed by atoms with Gasteiger partial charge >= 0.3 is 0 Å². The van der Waals surface area contributed by atoms with E-state index in [2.05, 4.69) is 5.32 Å². The molecule has 0 aromatic heterocycles. The van der Waals surface area contributed by atoms with Gasteiger partial charge in [0.2, 0.25) is 5.91 Å². The number of nitrogens with one attached hydrogen (secondary N) is 1. The van der Waals surface area contributed by atoms with Gasteiger partial charge in [-0.3, -0.25) is 4.79 Å². The molecule has 17 heavy (non-hydrogen) atoms. The van der Waals surface area contributed by atoms with Crippen molar-refractivity contribution in [1.29, 1.82) is 0 Å². The van der Waals surface area contributed by atoms with Gasteiger partial charge in [0.15, 0.2) is 0 Å². The molecule has 98 valence electrons. The maximum Gasteiger partial charge on any atom is 0.223 e. The second kappa shape index (κ2) is 4.57. The highest BCUT2D eigenvalue weighted by atomic mass is 32.2. The zero-order valence-corrected chi connectivity index (χ0v) is 11.1. The molecule has 0 aromatic rings. The van der Waals surface area contributed by atoms with Gasteiger partial charge in [0.05, 0.1) is 5.75 Å². The molecule has 0 aromatic carbocycles. The number of carbonyl (C=O) groups is 1. The van der Waals surface area contributed by atoms with E-state index >= 15 is 0 Å². The van der Waals surface area contributed by atoms with E-state index in [1.807, 2.05) is 4.90 Å². The number of hydrogen-bond donors (Lipinski definition) is 1. The molecule has 0 aliphatic carbocycles. The summed E-state index contributed by atoms with van der Waals surface area (Å²) in [6.45, 7) is 3.60. The van der Waals surface area contributed by atoms with Crippen LogP contribution in [0.4, 0.5) is 0 Å². The highest BCUT2D eigenvalue weighted by Crippen LogP contribution is 2.36. The number of sulfone groups is 1. The van der Waals surface area contributed by atoms with Crippen LogP contribution in [-0.4, -0.2) is 57.4 Å². The molecule has 2 aliphatic heterocycles.